The molecule has 0 radical (unpaired) electrons. The monoisotopic (exact) mass is 482 g/mol. The predicted octanol–water partition coefficient (Wildman–Crippen LogP) is 0.641. The Morgan fingerprint density at radius 2 is 1.50 bits per heavy atom. The highest BCUT2D eigenvalue weighted by Crippen LogP contribution is 2.34. The number of ether oxygens (including phenoxy) is 1. The minimum absolute atomic E-state index is 0.0519. The molecule has 11 heteroatoms. The van der Waals surface area contributed by atoms with Gasteiger partial charge in [-0.1, -0.05) is 13.8 Å². The van der Waals surface area contributed by atoms with Crippen molar-refractivity contribution in [2.75, 3.05) is 20.1 Å². The second-order valence-electron chi connectivity index (χ2n) is 10.1. The number of likely N-dealkylation sites (N-methyl/N-ethyl adjacent to an activating group) is 1. The number of carbonyl (C=O) groups excluding carboxylic acids is 4. The van der Waals surface area contributed by atoms with Crippen molar-refractivity contribution in [1.82, 2.24) is 31.1 Å². The van der Waals surface area contributed by atoms with Gasteiger partial charge in [-0.15, -0.1) is 0 Å². The summed E-state index contributed by atoms with van der Waals surface area (Å²) in [6.45, 7) is 13.5. The maximum Gasteiger partial charge on any atom is 0.407 e. The molecule has 2 aliphatic rings. The molecule has 11 nitrogen and oxygen atoms in total. The van der Waals surface area contributed by atoms with Gasteiger partial charge in [0.1, 0.15) is 12.1 Å². The highest BCUT2D eigenvalue weighted by Gasteiger charge is 2.54. The first-order valence-electron chi connectivity index (χ1n) is 12.2. The summed E-state index contributed by atoms with van der Waals surface area (Å²) in [5, 5.41) is 11.3. The molecular weight excluding hydrogens is 440 g/mol. The average Bonchev–Trinajstić information content (AvgIpc) is 3.30. The van der Waals surface area contributed by atoms with E-state index in [0.29, 0.717) is 13.0 Å². The molecule has 2 heterocycles. The van der Waals surface area contributed by atoms with E-state index in [1.54, 1.807) is 23.8 Å². The van der Waals surface area contributed by atoms with Gasteiger partial charge in [0.25, 0.3) is 0 Å². The lowest BCUT2D eigenvalue weighted by Crippen LogP contribution is -2.57. The number of hydrogen-bond acceptors (Lipinski definition) is 6. The van der Waals surface area contributed by atoms with E-state index in [1.165, 1.54) is 0 Å². The van der Waals surface area contributed by atoms with E-state index < -0.39 is 30.3 Å². The Morgan fingerprint density at radius 3 is 2.03 bits per heavy atom. The highest BCUT2D eigenvalue weighted by atomic mass is 16.6. The van der Waals surface area contributed by atoms with E-state index in [-0.39, 0.29) is 48.4 Å². The summed E-state index contributed by atoms with van der Waals surface area (Å²) >= 11 is 0. The van der Waals surface area contributed by atoms with E-state index >= 15 is 0 Å². The molecule has 2 fully saturated rings. The summed E-state index contributed by atoms with van der Waals surface area (Å²) < 4.78 is 5.72. The fourth-order valence-electron chi connectivity index (χ4n) is 4.46. The van der Waals surface area contributed by atoms with Crippen LogP contribution in [-0.2, 0) is 14.3 Å². The van der Waals surface area contributed by atoms with E-state index in [0.717, 1.165) is 0 Å². The summed E-state index contributed by atoms with van der Waals surface area (Å²) in [6, 6.07) is -2.35. The van der Waals surface area contributed by atoms with Crippen molar-refractivity contribution < 1.29 is 23.9 Å². The van der Waals surface area contributed by atoms with Crippen molar-refractivity contribution in [3.63, 3.8) is 0 Å². The van der Waals surface area contributed by atoms with Crippen molar-refractivity contribution in [2.45, 2.75) is 97.2 Å². The number of fused-ring (bicyclic) bond motifs is 1. The van der Waals surface area contributed by atoms with E-state index in [9.17, 15) is 19.2 Å². The quantitative estimate of drug-likeness (QED) is 0.401. The number of rotatable bonds is 8. The molecule has 0 aliphatic carbocycles. The highest BCUT2D eigenvalue weighted by molar-refractivity contribution is 5.90. The van der Waals surface area contributed by atoms with Crippen LogP contribution >= 0.6 is 0 Å². The maximum atomic E-state index is 13.7. The molecule has 0 bridgehead atoms. The molecule has 194 valence electrons. The molecule has 0 aromatic carbocycles. The number of nitrogens with zero attached hydrogens (tertiary/aromatic N) is 2. The largest absolute Gasteiger partial charge is 0.442 e. The topological polar surface area (TPSA) is 132 Å². The first kappa shape index (κ1) is 27.7. The van der Waals surface area contributed by atoms with Crippen molar-refractivity contribution in [1.29, 1.82) is 0 Å². The van der Waals surface area contributed by atoms with Gasteiger partial charge in [0.2, 0.25) is 11.8 Å². The van der Waals surface area contributed by atoms with Crippen molar-refractivity contribution >= 4 is 23.9 Å². The molecule has 4 N–H and O–H groups in total. The van der Waals surface area contributed by atoms with Crippen LogP contribution in [0.25, 0.3) is 0 Å². The molecule has 0 aromatic rings. The normalized spacial score (nSPS) is 23.7. The summed E-state index contributed by atoms with van der Waals surface area (Å²) in [6.07, 6.45) is -0.687. The summed E-state index contributed by atoms with van der Waals surface area (Å²) in [5.41, 5.74) is 0. The van der Waals surface area contributed by atoms with Crippen LogP contribution in [0.5, 0.6) is 0 Å². The summed E-state index contributed by atoms with van der Waals surface area (Å²) in [7, 11) is 1.68. The number of alkyl carbamates (subject to hydrolysis) is 1. The third-order valence-electron chi connectivity index (χ3n) is 6.26. The van der Waals surface area contributed by atoms with Gasteiger partial charge < -0.3 is 35.8 Å². The van der Waals surface area contributed by atoms with Crippen LogP contribution in [-0.4, -0.2) is 96.2 Å². The van der Waals surface area contributed by atoms with E-state index in [2.05, 4.69) is 21.3 Å². The number of hydrogen-bond donors (Lipinski definition) is 4. The molecule has 5 atom stereocenters. The van der Waals surface area contributed by atoms with Crippen LogP contribution in [0.1, 0.15) is 54.9 Å². The Labute approximate surface area is 202 Å². The number of likely N-dealkylation sites (tertiary alicyclic amines) is 2. The molecule has 34 heavy (non-hydrogen) atoms. The lowest BCUT2D eigenvalue weighted by Gasteiger charge is -2.33. The van der Waals surface area contributed by atoms with E-state index in [4.69, 9.17) is 4.74 Å². The molecule has 2 aliphatic heterocycles. The van der Waals surface area contributed by atoms with Gasteiger partial charge in [-0.05, 0) is 54.0 Å². The van der Waals surface area contributed by atoms with Crippen LogP contribution in [0.4, 0.5) is 9.59 Å². The second kappa shape index (κ2) is 11.7. The lowest BCUT2D eigenvalue weighted by atomic mass is 10.0. The Kier molecular flexibility index (Phi) is 9.54. The molecule has 0 aromatic heterocycles. The zero-order chi connectivity index (χ0) is 25.7. The Morgan fingerprint density at radius 1 is 0.882 bits per heavy atom. The fraction of sp³-hybridized carbons (Fsp3) is 0.826. The second-order valence-corrected chi connectivity index (χ2v) is 10.1. The predicted molar refractivity (Wildman–Crippen MR) is 128 cm³/mol. The van der Waals surface area contributed by atoms with Crippen molar-refractivity contribution in [3.05, 3.63) is 0 Å². The standard InChI is InChI=1S/C23H42N6O5/c1-12(2)18(27-20(30)15(7)24-8)21(31)28-10-9-16-19(28)17(34-23(33)26-14(5)6)11-29(16)22(32)25-13(3)4/h12-19,24H,9-11H2,1-8H3,(H,25,32)(H,26,33)(H,27,30). The first-order valence-corrected chi connectivity index (χ1v) is 12.2. The van der Waals surface area contributed by atoms with E-state index in [1.807, 2.05) is 41.5 Å². The average molecular weight is 483 g/mol. The van der Waals surface area contributed by atoms with Crippen LogP contribution in [0.2, 0.25) is 0 Å². The molecule has 2 saturated heterocycles. The van der Waals surface area contributed by atoms with Gasteiger partial charge in [-0.25, -0.2) is 9.59 Å². The first-order chi connectivity index (χ1) is 15.9. The summed E-state index contributed by atoms with van der Waals surface area (Å²) in [4.78, 5) is 54.8. The molecule has 5 unspecified atom stereocenters. The number of carbonyl (C=O) groups is 4. The fourth-order valence-corrected chi connectivity index (χ4v) is 4.46. The molecule has 2 rings (SSSR count). The molecular formula is C23H42N6O5. The lowest BCUT2D eigenvalue weighted by molar-refractivity contribution is -0.140. The number of nitrogens with one attached hydrogen (secondary N) is 4. The van der Waals surface area contributed by atoms with Gasteiger partial charge in [0, 0.05) is 18.6 Å². The van der Waals surface area contributed by atoms with Crippen molar-refractivity contribution in [2.24, 2.45) is 5.92 Å². The van der Waals surface area contributed by atoms with Crippen LogP contribution in [0.15, 0.2) is 0 Å². The minimum Gasteiger partial charge on any atom is -0.442 e. The zero-order valence-corrected chi connectivity index (χ0v) is 21.7. The Balaban J connectivity index is 2.28. The SMILES string of the molecule is CNC(C)C(=O)NC(C(=O)N1CCC2C1C(OC(=O)NC(C)C)CN2C(=O)NC(C)C)C(C)C. The van der Waals surface area contributed by atoms with Gasteiger partial charge in [0.15, 0.2) is 0 Å². The van der Waals surface area contributed by atoms with Crippen LogP contribution < -0.4 is 21.3 Å². The Bertz CT molecular complexity index is 758. The zero-order valence-electron chi connectivity index (χ0n) is 21.7. The maximum absolute atomic E-state index is 13.7. The van der Waals surface area contributed by atoms with Crippen molar-refractivity contribution in [3.8, 4) is 0 Å². The van der Waals surface area contributed by atoms with Crippen LogP contribution in [0.3, 0.4) is 0 Å². The molecule has 0 spiro atoms. The van der Waals surface area contributed by atoms with Crippen LogP contribution in [0, 0.1) is 5.92 Å². The third-order valence-corrected chi connectivity index (χ3v) is 6.26. The Hall–Kier alpha value is -2.56. The summed E-state index contributed by atoms with van der Waals surface area (Å²) in [5.74, 6) is -0.646. The third kappa shape index (κ3) is 6.52. The minimum atomic E-state index is -0.731. The smallest absolute Gasteiger partial charge is 0.407 e. The van der Waals surface area contributed by atoms with Gasteiger partial charge >= 0.3 is 12.1 Å². The molecule has 0 saturated carbocycles. The molecule has 5 amide bonds. The van der Waals surface area contributed by atoms with Gasteiger partial charge in [0.05, 0.1) is 24.7 Å². The van der Waals surface area contributed by atoms with Gasteiger partial charge in [-0.2, -0.15) is 0 Å². The number of urea groups is 1. The van der Waals surface area contributed by atoms with Gasteiger partial charge in [-0.3, -0.25) is 9.59 Å². The number of amides is 5.